The molecule has 0 aliphatic heterocycles. The number of nitro groups is 1. The minimum absolute atomic E-state index is 0.236. The third-order valence-corrected chi connectivity index (χ3v) is 6.13. The second kappa shape index (κ2) is 8.43. The molecule has 0 aromatic heterocycles. The van der Waals surface area contributed by atoms with Crippen LogP contribution >= 0.6 is 0 Å². The first-order valence-electron chi connectivity index (χ1n) is 8.30. The topological polar surface area (TPSA) is 107 Å². The lowest BCUT2D eigenvalue weighted by Gasteiger charge is -2.23. The van der Waals surface area contributed by atoms with Crippen molar-refractivity contribution in [1.82, 2.24) is 4.31 Å². The summed E-state index contributed by atoms with van der Waals surface area (Å²) in [6.45, 7) is -0.567. The van der Waals surface area contributed by atoms with Crippen molar-refractivity contribution in [2.24, 2.45) is 5.73 Å². The Morgan fingerprint density at radius 3 is 1.97 bits per heavy atom. The first kappa shape index (κ1) is 24.6. The normalized spacial score (nSPS) is 14.0. The second-order valence-electron chi connectivity index (χ2n) is 6.44. The largest absolute Gasteiger partial charge is 0.417 e. The Morgan fingerprint density at radius 2 is 1.52 bits per heavy atom. The average Bonchev–Trinajstić information content (AvgIpc) is 2.66. The summed E-state index contributed by atoms with van der Waals surface area (Å²) in [7, 11) is -3.17. The fraction of sp³-hybridized carbons (Fsp3) is 0.294. The van der Waals surface area contributed by atoms with Crippen LogP contribution in [0.15, 0.2) is 47.4 Å². The van der Waals surface area contributed by atoms with Crippen LogP contribution in [0.25, 0.3) is 0 Å². The SMILES string of the molecule is CN(C[C@H](N)c1ccc(C(F)(F)F)c(C(F)(F)F)c1)S(=O)(=O)c1ccc([N+](=O)[O-])cc1. The Kier molecular flexibility index (Phi) is 6.68. The van der Waals surface area contributed by atoms with Gasteiger partial charge in [-0.2, -0.15) is 30.6 Å². The Hall–Kier alpha value is -2.71. The molecular formula is C17H15F6N3O4S. The Balaban J connectivity index is 2.31. The zero-order valence-corrected chi connectivity index (χ0v) is 16.4. The van der Waals surface area contributed by atoms with Crippen molar-refractivity contribution in [2.45, 2.75) is 23.3 Å². The van der Waals surface area contributed by atoms with Crippen LogP contribution in [0.5, 0.6) is 0 Å². The molecule has 0 saturated heterocycles. The molecule has 31 heavy (non-hydrogen) atoms. The molecule has 0 radical (unpaired) electrons. The number of non-ortho nitro benzene ring substituents is 1. The third kappa shape index (κ3) is 5.51. The van der Waals surface area contributed by atoms with Gasteiger partial charge in [0, 0.05) is 31.8 Å². The average molecular weight is 471 g/mol. The number of rotatable bonds is 6. The van der Waals surface area contributed by atoms with Crippen molar-refractivity contribution >= 4 is 15.7 Å². The Labute approximate surface area is 172 Å². The number of benzene rings is 2. The van der Waals surface area contributed by atoms with Gasteiger partial charge in [-0.15, -0.1) is 0 Å². The Bertz CT molecular complexity index is 1070. The van der Waals surface area contributed by atoms with E-state index in [9.17, 15) is 44.9 Å². The summed E-state index contributed by atoms with van der Waals surface area (Å²) < 4.78 is 104. The van der Waals surface area contributed by atoms with Crippen molar-refractivity contribution in [1.29, 1.82) is 0 Å². The number of sulfonamides is 1. The van der Waals surface area contributed by atoms with E-state index in [0.717, 1.165) is 37.4 Å². The predicted octanol–water partition coefficient (Wildman–Crippen LogP) is 3.95. The first-order valence-corrected chi connectivity index (χ1v) is 9.74. The van der Waals surface area contributed by atoms with Gasteiger partial charge in [0.25, 0.3) is 5.69 Å². The maximum atomic E-state index is 13.1. The van der Waals surface area contributed by atoms with Gasteiger partial charge in [-0.05, 0) is 29.8 Å². The van der Waals surface area contributed by atoms with Crippen LogP contribution in [0.4, 0.5) is 32.0 Å². The zero-order valence-electron chi connectivity index (χ0n) is 15.6. The van der Waals surface area contributed by atoms with Gasteiger partial charge in [0.05, 0.1) is 20.9 Å². The summed E-state index contributed by atoms with van der Waals surface area (Å²) in [6, 6.07) is 3.67. The number of hydrogen-bond donors (Lipinski definition) is 1. The smallest absolute Gasteiger partial charge is 0.323 e. The summed E-state index contributed by atoms with van der Waals surface area (Å²) in [5, 5.41) is 10.7. The van der Waals surface area contributed by atoms with Crippen LogP contribution in [0, 0.1) is 10.1 Å². The van der Waals surface area contributed by atoms with E-state index >= 15 is 0 Å². The number of nitrogens with two attached hydrogens (primary N) is 1. The van der Waals surface area contributed by atoms with Gasteiger partial charge in [-0.25, -0.2) is 8.42 Å². The van der Waals surface area contributed by atoms with E-state index in [4.69, 9.17) is 5.73 Å². The molecule has 0 unspecified atom stereocenters. The van der Waals surface area contributed by atoms with E-state index in [1.807, 2.05) is 0 Å². The highest BCUT2D eigenvalue weighted by Crippen LogP contribution is 2.41. The lowest BCUT2D eigenvalue weighted by molar-refractivity contribution is -0.384. The van der Waals surface area contributed by atoms with E-state index in [1.54, 1.807) is 0 Å². The number of likely N-dealkylation sites (N-methyl/N-ethyl adjacent to an activating group) is 1. The van der Waals surface area contributed by atoms with Gasteiger partial charge in [0.2, 0.25) is 10.0 Å². The molecule has 0 saturated carbocycles. The predicted molar refractivity (Wildman–Crippen MR) is 96.3 cm³/mol. The summed E-state index contributed by atoms with van der Waals surface area (Å²) in [5.74, 6) is 0. The maximum Gasteiger partial charge on any atom is 0.417 e. The summed E-state index contributed by atoms with van der Waals surface area (Å²) >= 11 is 0. The highest BCUT2D eigenvalue weighted by molar-refractivity contribution is 7.89. The minimum Gasteiger partial charge on any atom is -0.323 e. The molecule has 170 valence electrons. The molecule has 0 heterocycles. The quantitative estimate of drug-likeness (QED) is 0.390. The number of alkyl halides is 6. The van der Waals surface area contributed by atoms with Gasteiger partial charge in [-0.1, -0.05) is 6.07 Å². The van der Waals surface area contributed by atoms with Crippen LogP contribution in [0.3, 0.4) is 0 Å². The molecule has 7 nitrogen and oxygen atoms in total. The van der Waals surface area contributed by atoms with Crippen molar-refractivity contribution in [3.8, 4) is 0 Å². The summed E-state index contributed by atoms with van der Waals surface area (Å²) in [5.41, 5.74) is 1.23. The molecule has 14 heteroatoms. The zero-order chi connectivity index (χ0) is 23.8. The van der Waals surface area contributed by atoms with Crippen LogP contribution < -0.4 is 5.73 Å². The molecule has 0 aliphatic carbocycles. The molecule has 0 aliphatic rings. The molecule has 0 bridgehead atoms. The van der Waals surface area contributed by atoms with Crippen molar-refractivity contribution in [3.63, 3.8) is 0 Å². The van der Waals surface area contributed by atoms with Crippen molar-refractivity contribution in [3.05, 3.63) is 69.3 Å². The fourth-order valence-electron chi connectivity index (χ4n) is 2.67. The monoisotopic (exact) mass is 471 g/mol. The number of nitrogens with zero attached hydrogens (tertiary/aromatic N) is 2. The Morgan fingerprint density at radius 1 is 1.00 bits per heavy atom. The van der Waals surface area contributed by atoms with Gasteiger partial charge in [-0.3, -0.25) is 10.1 Å². The number of hydrogen-bond acceptors (Lipinski definition) is 5. The molecule has 2 rings (SSSR count). The van der Waals surface area contributed by atoms with E-state index in [0.29, 0.717) is 4.31 Å². The molecule has 1 atom stereocenters. The van der Waals surface area contributed by atoms with Gasteiger partial charge >= 0.3 is 12.4 Å². The maximum absolute atomic E-state index is 13.1. The summed E-state index contributed by atoms with van der Waals surface area (Å²) in [4.78, 5) is 9.59. The fourth-order valence-corrected chi connectivity index (χ4v) is 3.87. The number of halogens is 6. The third-order valence-electron chi connectivity index (χ3n) is 4.29. The molecule has 0 amide bonds. The minimum atomic E-state index is -5.31. The van der Waals surface area contributed by atoms with Gasteiger partial charge < -0.3 is 5.73 Å². The molecule has 0 fully saturated rings. The van der Waals surface area contributed by atoms with Crippen LogP contribution in [0.1, 0.15) is 22.7 Å². The van der Waals surface area contributed by atoms with E-state index in [1.165, 1.54) is 0 Å². The molecule has 2 aromatic carbocycles. The first-order chi connectivity index (χ1) is 14.0. The second-order valence-corrected chi connectivity index (χ2v) is 8.49. The van der Waals surface area contributed by atoms with Gasteiger partial charge in [0.15, 0.2) is 0 Å². The van der Waals surface area contributed by atoms with Crippen molar-refractivity contribution in [2.75, 3.05) is 13.6 Å². The van der Waals surface area contributed by atoms with E-state index in [-0.39, 0.29) is 28.3 Å². The van der Waals surface area contributed by atoms with E-state index in [2.05, 4.69) is 0 Å². The summed E-state index contributed by atoms with van der Waals surface area (Å²) in [6.07, 6.45) is -10.6. The molecular weight excluding hydrogens is 456 g/mol. The van der Waals surface area contributed by atoms with Crippen LogP contribution in [-0.2, 0) is 22.4 Å². The van der Waals surface area contributed by atoms with Crippen molar-refractivity contribution < 1.29 is 39.7 Å². The van der Waals surface area contributed by atoms with Crippen LogP contribution in [0.2, 0.25) is 0 Å². The lowest BCUT2D eigenvalue weighted by atomic mass is 9.99. The molecule has 2 aromatic rings. The van der Waals surface area contributed by atoms with Gasteiger partial charge in [0.1, 0.15) is 0 Å². The molecule has 2 N–H and O–H groups in total. The highest BCUT2D eigenvalue weighted by atomic mass is 32.2. The van der Waals surface area contributed by atoms with E-state index < -0.39 is 51.0 Å². The standard InChI is InChI=1S/C17H15F6N3O4S/c1-25(31(29,30)12-5-3-11(4-6-12)26(27)28)9-15(24)10-2-7-13(16(18,19)20)14(8-10)17(21,22)23/h2-8,15H,9,24H2,1H3/t15-/m0/s1. The lowest BCUT2D eigenvalue weighted by Crippen LogP contribution is -2.34. The molecule has 0 spiro atoms. The van der Waals surface area contributed by atoms with Crippen LogP contribution in [-0.4, -0.2) is 31.2 Å². The highest BCUT2D eigenvalue weighted by Gasteiger charge is 2.43. The number of nitro benzene ring substituents is 1.